The summed E-state index contributed by atoms with van der Waals surface area (Å²) < 4.78 is 0. The van der Waals surface area contributed by atoms with E-state index >= 15 is 0 Å². The van der Waals surface area contributed by atoms with Crippen LogP contribution < -0.4 is 10.6 Å². The summed E-state index contributed by atoms with van der Waals surface area (Å²) in [5.41, 5.74) is 0.678. The summed E-state index contributed by atoms with van der Waals surface area (Å²) in [7, 11) is 2.05. The molecule has 1 aliphatic rings. The number of halogens is 2. The van der Waals surface area contributed by atoms with Crippen molar-refractivity contribution >= 4 is 35.6 Å². The van der Waals surface area contributed by atoms with Crippen LogP contribution in [-0.2, 0) is 4.79 Å². The molecule has 2 rings (SSSR count). The maximum atomic E-state index is 11.8. The molecule has 1 heterocycles. The van der Waals surface area contributed by atoms with Crippen molar-refractivity contribution < 1.29 is 4.79 Å². The maximum absolute atomic E-state index is 11.8. The molecule has 1 aromatic rings. The summed E-state index contributed by atoms with van der Waals surface area (Å²) in [5.74, 6) is 0.00207. The lowest BCUT2D eigenvalue weighted by Gasteiger charge is -2.35. The summed E-state index contributed by atoms with van der Waals surface area (Å²) in [6.07, 6.45) is 0.484. The first-order chi connectivity index (χ1) is 8.66. The Kier molecular flexibility index (Phi) is 6.58. The Bertz CT molecular complexity index is 424. The monoisotopic (exact) mass is 303 g/mol. The van der Waals surface area contributed by atoms with Crippen molar-refractivity contribution in [3.05, 3.63) is 29.3 Å². The van der Waals surface area contributed by atoms with Crippen molar-refractivity contribution in [2.45, 2.75) is 12.5 Å². The standard InChI is InChI=1S/C13H18ClN3O.ClH/c1-17(10-8-15-9-10)7-6-13(18)16-12-5-3-2-4-11(12)14;/h2-5,10,15H,6-9H2,1H3,(H,16,18);1H. The number of nitrogens with zero attached hydrogens (tertiary/aromatic N) is 1. The van der Waals surface area contributed by atoms with E-state index in [2.05, 4.69) is 15.5 Å². The number of hydrogen-bond donors (Lipinski definition) is 2. The third-order valence-electron chi connectivity index (χ3n) is 3.22. The second-order valence-corrected chi connectivity index (χ2v) is 4.98. The van der Waals surface area contributed by atoms with Crippen LogP contribution in [0.4, 0.5) is 5.69 Å². The van der Waals surface area contributed by atoms with Gasteiger partial charge in [0.15, 0.2) is 0 Å². The Morgan fingerprint density at radius 1 is 1.47 bits per heavy atom. The van der Waals surface area contributed by atoms with Gasteiger partial charge in [0.2, 0.25) is 5.91 Å². The van der Waals surface area contributed by atoms with E-state index in [0.29, 0.717) is 23.2 Å². The largest absolute Gasteiger partial charge is 0.325 e. The first-order valence-corrected chi connectivity index (χ1v) is 6.50. The van der Waals surface area contributed by atoms with E-state index in [1.807, 2.05) is 19.2 Å². The lowest BCUT2D eigenvalue weighted by atomic mass is 10.1. The number of nitrogens with one attached hydrogen (secondary N) is 2. The molecule has 6 heteroatoms. The van der Waals surface area contributed by atoms with Gasteiger partial charge >= 0.3 is 0 Å². The molecule has 1 fully saturated rings. The number of carbonyl (C=O) groups is 1. The zero-order chi connectivity index (χ0) is 13.0. The quantitative estimate of drug-likeness (QED) is 0.874. The molecule has 0 aliphatic carbocycles. The highest BCUT2D eigenvalue weighted by molar-refractivity contribution is 6.33. The van der Waals surface area contributed by atoms with Crippen LogP contribution in [0.25, 0.3) is 0 Å². The third-order valence-corrected chi connectivity index (χ3v) is 3.55. The average Bonchev–Trinajstić information content (AvgIpc) is 2.27. The van der Waals surface area contributed by atoms with E-state index in [0.717, 1.165) is 19.6 Å². The second kappa shape index (κ2) is 7.70. The molecule has 4 nitrogen and oxygen atoms in total. The lowest BCUT2D eigenvalue weighted by molar-refractivity contribution is -0.116. The number of para-hydroxylation sites is 1. The zero-order valence-corrected chi connectivity index (χ0v) is 12.4. The maximum Gasteiger partial charge on any atom is 0.225 e. The van der Waals surface area contributed by atoms with Gasteiger partial charge in [0, 0.05) is 32.1 Å². The Hall–Kier alpha value is -0.810. The summed E-state index contributed by atoms with van der Waals surface area (Å²) in [5, 5.41) is 6.62. The van der Waals surface area contributed by atoms with Crippen LogP contribution in [0.3, 0.4) is 0 Å². The van der Waals surface area contributed by atoms with Crippen LogP contribution in [0, 0.1) is 0 Å². The molecule has 19 heavy (non-hydrogen) atoms. The molecule has 0 saturated carbocycles. The minimum atomic E-state index is 0. The number of rotatable bonds is 5. The van der Waals surface area contributed by atoms with Crippen LogP contribution in [-0.4, -0.2) is 43.5 Å². The fraction of sp³-hybridized carbons (Fsp3) is 0.462. The van der Waals surface area contributed by atoms with Gasteiger partial charge in [-0.15, -0.1) is 12.4 Å². The first-order valence-electron chi connectivity index (χ1n) is 6.12. The van der Waals surface area contributed by atoms with Gasteiger partial charge in [-0.25, -0.2) is 0 Å². The Morgan fingerprint density at radius 2 is 2.16 bits per heavy atom. The van der Waals surface area contributed by atoms with E-state index in [1.54, 1.807) is 12.1 Å². The van der Waals surface area contributed by atoms with Crippen molar-refractivity contribution in [3.8, 4) is 0 Å². The van der Waals surface area contributed by atoms with Gasteiger partial charge in [0.1, 0.15) is 0 Å². The zero-order valence-electron chi connectivity index (χ0n) is 10.9. The van der Waals surface area contributed by atoms with E-state index in [4.69, 9.17) is 11.6 Å². The molecule has 0 unspecified atom stereocenters. The SMILES string of the molecule is CN(CCC(=O)Nc1ccccc1Cl)C1CNC1.Cl. The molecule has 0 spiro atoms. The summed E-state index contributed by atoms with van der Waals surface area (Å²) >= 11 is 5.98. The topological polar surface area (TPSA) is 44.4 Å². The van der Waals surface area contributed by atoms with E-state index < -0.39 is 0 Å². The van der Waals surface area contributed by atoms with Crippen molar-refractivity contribution in [2.24, 2.45) is 0 Å². The minimum absolute atomic E-state index is 0. The highest BCUT2D eigenvalue weighted by atomic mass is 35.5. The smallest absolute Gasteiger partial charge is 0.225 e. The normalized spacial score (nSPS) is 14.7. The fourth-order valence-corrected chi connectivity index (χ4v) is 2.00. The summed E-state index contributed by atoms with van der Waals surface area (Å²) in [4.78, 5) is 14.0. The summed E-state index contributed by atoms with van der Waals surface area (Å²) in [6, 6.07) is 7.84. The number of carbonyl (C=O) groups excluding carboxylic acids is 1. The molecule has 1 saturated heterocycles. The summed E-state index contributed by atoms with van der Waals surface area (Å²) in [6.45, 7) is 2.80. The molecule has 0 radical (unpaired) electrons. The van der Waals surface area contributed by atoms with Crippen LogP contribution in [0.5, 0.6) is 0 Å². The van der Waals surface area contributed by atoms with E-state index in [-0.39, 0.29) is 18.3 Å². The molecule has 0 aromatic heterocycles. The van der Waals surface area contributed by atoms with E-state index in [9.17, 15) is 4.79 Å². The van der Waals surface area contributed by atoms with Gasteiger partial charge < -0.3 is 15.5 Å². The fourth-order valence-electron chi connectivity index (χ4n) is 1.82. The predicted octanol–water partition coefficient (Wildman–Crippen LogP) is 1.99. The number of benzene rings is 1. The van der Waals surface area contributed by atoms with Gasteiger partial charge in [-0.05, 0) is 19.2 Å². The number of hydrogen-bond acceptors (Lipinski definition) is 3. The van der Waals surface area contributed by atoms with Gasteiger partial charge in [-0.3, -0.25) is 4.79 Å². The molecule has 1 amide bonds. The van der Waals surface area contributed by atoms with Gasteiger partial charge in [-0.1, -0.05) is 23.7 Å². The van der Waals surface area contributed by atoms with Gasteiger partial charge in [-0.2, -0.15) is 0 Å². The predicted molar refractivity (Wildman–Crippen MR) is 81.2 cm³/mol. The van der Waals surface area contributed by atoms with Crippen LogP contribution in [0.1, 0.15) is 6.42 Å². The third kappa shape index (κ3) is 4.66. The van der Waals surface area contributed by atoms with Gasteiger partial charge in [0.05, 0.1) is 10.7 Å². The van der Waals surface area contributed by atoms with Crippen LogP contribution in [0.2, 0.25) is 5.02 Å². The number of amides is 1. The molecular formula is C13H19Cl2N3O. The van der Waals surface area contributed by atoms with Gasteiger partial charge in [0.25, 0.3) is 0 Å². The number of anilines is 1. The Morgan fingerprint density at radius 3 is 2.74 bits per heavy atom. The molecular weight excluding hydrogens is 285 g/mol. The number of likely N-dealkylation sites (N-methyl/N-ethyl adjacent to an activating group) is 1. The Balaban J connectivity index is 0.00000180. The molecule has 0 bridgehead atoms. The average molecular weight is 304 g/mol. The molecule has 106 valence electrons. The van der Waals surface area contributed by atoms with Crippen molar-refractivity contribution in [3.63, 3.8) is 0 Å². The van der Waals surface area contributed by atoms with Crippen molar-refractivity contribution in [1.82, 2.24) is 10.2 Å². The lowest BCUT2D eigenvalue weighted by Crippen LogP contribution is -2.56. The Labute approximate surface area is 124 Å². The van der Waals surface area contributed by atoms with Crippen LogP contribution in [0.15, 0.2) is 24.3 Å². The molecule has 1 aliphatic heterocycles. The van der Waals surface area contributed by atoms with Crippen molar-refractivity contribution in [1.29, 1.82) is 0 Å². The van der Waals surface area contributed by atoms with Crippen LogP contribution >= 0.6 is 24.0 Å². The highest BCUT2D eigenvalue weighted by Gasteiger charge is 2.21. The molecule has 0 atom stereocenters. The second-order valence-electron chi connectivity index (χ2n) is 4.57. The first kappa shape index (κ1) is 16.2. The van der Waals surface area contributed by atoms with Crippen molar-refractivity contribution in [2.75, 3.05) is 32.0 Å². The highest BCUT2D eigenvalue weighted by Crippen LogP contribution is 2.20. The van der Waals surface area contributed by atoms with E-state index in [1.165, 1.54) is 0 Å². The molecule has 2 N–H and O–H groups in total. The molecule has 1 aromatic carbocycles. The minimum Gasteiger partial charge on any atom is -0.325 e.